The minimum Gasteiger partial charge on any atom is -0.393 e. The van der Waals surface area contributed by atoms with Crippen LogP contribution in [0.5, 0.6) is 0 Å². The number of para-hydroxylation sites is 2. The number of imidazole rings is 1. The molecule has 23 heavy (non-hydrogen) atoms. The molecule has 0 aliphatic carbocycles. The first-order valence-corrected chi connectivity index (χ1v) is 8.50. The molecule has 0 aliphatic heterocycles. The number of aryl methyl sites for hydroxylation is 1. The van der Waals surface area contributed by atoms with E-state index >= 15 is 0 Å². The minimum atomic E-state index is -0.431. The summed E-state index contributed by atoms with van der Waals surface area (Å²) in [6.45, 7) is 5.42. The Labute approximate surface area is 137 Å². The average Bonchev–Trinajstić information content (AvgIpc) is 2.88. The quantitative estimate of drug-likeness (QED) is 0.747. The second kappa shape index (κ2) is 8.67. The molecule has 1 aromatic heterocycles. The Morgan fingerprint density at radius 3 is 2.91 bits per heavy atom. The lowest BCUT2D eigenvalue weighted by Gasteiger charge is -2.09. The maximum atomic E-state index is 11.7. The normalized spacial score (nSPS) is 12.5. The number of nitrogens with one attached hydrogen (secondary N) is 1. The number of aromatic nitrogens is 2. The molecule has 0 radical (unpaired) electrons. The van der Waals surface area contributed by atoms with E-state index in [1.54, 1.807) is 6.92 Å². The molecule has 1 unspecified atom stereocenters. The van der Waals surface area contributed by atoms with E-state index in [1.807, 2.05) is 18.2 Å². The molecule has 1 aromatic carbocycles. The predicted octanol–water partition coefficient (Wildman–Crippen LogP) is 2.66. The molecule has 0 spiro atoms. The number of hydrogen-bond acceptors (Lipinski definition) is 3. The van der Waals surface area contributed by atoms with Gasteiger partial charge in [-0.05, 0) is 31.9 Å². The van der Waals surface area contributed by atoms with Crippen LogP contribution in [0.4, 0.5) is 0 Å². The third-order valence-electron chi connectivity index (χ3n) is 3.93. The Balaban J connectivity index is 1.97. The second-order valence-electron chi connectivity index (χ2n) is 6.01. The molecule has 1 heterocycles. The molecule has 1 atom stereocenters. The average molecular weight is 317 g/mol. The summed E-state index contributed by atoms with van der Waals surface area (Å²) in [5, 5.41) is 12.1. The number of amides is 1. The Morgan fingerprint density at radius 2 is 2.17 bits per heavy atom. The highest BCUT2D eigenvalue weighted by atomic mass is 16.3. The van der Waals surface area contributed by atoms with Gasteiger partial charge in [0.1, 0.15) is 5.82 Å². The van der Waals surface area contributed by atoms with Crippen molar-refractivity contribution in [3.63, 3.8) is 0 Å². The zero-order valence-electron chi connectivity index (χ0n) is 14.1. The van der Waals surface area contributed by atoms with Crippen molar-refractivity contribution in [1.29, 1.82) is 0 Å². The van der Waals surface area contributed by atoms with Crippen molar-refractivity contribution in [2.24, 2.45) is 0 Å². The van der Waals surface area contributed by atoms with Gasteiger partial charge in [-0.15, -0.1) is 0 Å². The number of rotatable bonds is 9. The Morgan fingerprint density at radius 1 is 1.39 bits per heavy atom. The number of fused-ring (bicyclic) bond motifs is 1. The summed E-state index contributed by atoms with van der Waals surface area (Å²) >= 11 is 0. The van der Waals surface area contributed by atoms with Gasteiger partial charge < -0.3 is 15.0 Å². The van der Waals surface area contributed by atoms with Crippen LogP contribution >= 0.6 is 0 Å². The molecule has 5 nitrogen and oxygen atoms in total. The van der Waals surface area contributed by atoms with Gasteiger partial charge in [-0.2, -0.15) is 0 Å². The molecule has 1 amide bonds. The summed E-state index contributed by atoms with van der Waals surface area (Å²) < 4.78 is 2.26. The van der Waals surface area contributed by atoms with E-state index < -0.39 is 6.10 Å². The van der Waals surface area contributed by atoms with Crippen LogP contribution in [0.15, 0.2) is 24.3 Å². The number of aliphatic hydroxyl groups is 1. The summed E-state index contributed by atoms with van der Waals surface area (Å²) in [7, 11) is 0. The van der Waals surface area contributed by atoms with Crippen molar-refractivity contribution >= 4 is 16.9 Å². The zero-order valence-corrected chi connectivity index (χ0v) is 14.1. The number of aliphatic hydroxyl groups excluding tert-OH is 1. The monoisotopic (exact) mass is 317 g/mol. The van der Waals surface area contributed by atoms with Gasteiger partial charge in [0.25, 0.3) is 0 Å². The highest BCUT2D eigenvalue weighted by Gasteiger charge is 2.10. The van der Waals surface area contributed by atoms with Crippen molar-refractivity contribution in [1.82, 2.24) is 14.9 Å². The first-order chi connectivity index (χ1) is 11.1. The summed E-state index contributed by atoms with van der Waals surface area (Å²) in [6.07, 6.45) is 3.42. The summed E-state index contributed by atoms with van der Waals surface area (Å²) in [5.41, 5.74) is 2.18. The Bertz CT molecular complexity index is 634. The maximum absolute atomic E-state index is 11.7. The number of unbranched alkanes of at least 4 members (excludes halogenated alkanes) is 1. The van der Waals surface area contributed by atoms with Crippen LogP contribution < -0.4 is 5.32 Å². The van der Waals surface area contributed by atoms with Crippen LogP contribution in [0.3, 0.4) is 0 Å². The predicted molar refractivity (Wildman–Crippen MR) is 92.3 cm³/mol. The van der Waals surface area contributed by atoms with E-state index in [1.165, 1.54) is 0 Å². The van der Waals surface area contributed by atoms with Gasteiger partial charge in [-0.1, -0.05) is 25.5 Å². The number of benzene rings is 1. The molecule has 126 valence electrons. The van der Waals surface area contributed by atoms with E-state index in [2.05, 4.69) is 22.9 Å². The number of carbonyl (C=O) groups excluding carboxylic acids is 1. The number of nitrogens with zero attached hydrogens (tertiary/aromatic N) is 2. The maximum Gasteiger partial charge on any atom is 0.220 e. The molecule has 5 heteroatoms. The topological polar surface area (TPSA) is 67.2 Å². The van der Waals surface area contributed by atoms with Crippen LogP contribution in [0.25, 0.3) is 11.0 Å². The third kappa shape index (κ3) is 5.06. The zero-order chi connectivity index (χ0) is 16.7. The van der Waals surface area contributed by atoms with E-state index in [0.29, 0.717) is 19.4 Å². The van der Waals surface area contributed by atoms with Crippen molar-refractivity contribution < 1.29 is 9.90 Å². The molecule has 2 N–H and O–H groups in total. The van der Waals surface area contributed by atoms with Crippen molar-refractivity contribution in [2.45, 2.75) is 58.6 Å². The SMILES string of the molecule is CCCCn1c(CCNC(=O)CCC(C)O)nc2ccccc21. The minimum absolute atomic E-state index is 0.0119. The molecular formula is C18H27N3O2. The second-order valence-corrected chi connectivity index (χ2v) is 6.01. The summed E-state index contributed by atoms with van der Waals surface area (Å²) in [6, 6.07) is 8.17. The molecule has 2 rings (SSSR count). The highest BCUT2D eigenvalue weighted by molar-refractivity contribution is 5.76. The van der Waals surface area contributed by atoms with Gasteiger partial charge >= 0.3 is 0 Å². The molecular weight excluding hydrogens is 290 g/mol. The van der Waals surface area contributed by atoms with Gasteiger partial charge in [-0.25, -0.2) is 4.98 Å². The first-order valence-electron chi connectivity index (χ1n) is 8.50. The Kier molecular flexibility index (Phi) is 6.59. The van der Waals surface area contributed by atoms with Gasteiger partial charge in [0.15, 0.2) is 0 Å². The molecule has 0 aliphatic rings. The van der Waals surface area contributed by atoms with E-state index in [4.69, 9.17) is 4.98 Å². The van der Waals surface area contributed by atoms with Crippen LogP contribution in [-0.2, 0) is 17.8 Å². The smallest absolute Gasteiger partial charge is 0.220 e. The highest BCUT2D eigenvalue weighted by Crippen LogP contribution is 2.17. The van der Waals surface area contributed by atoms with E-state index in [9.17, 15) is 9.90 Å². The fourth-order valence-electron chi connectivity index (χ4n) is 2.62. The molecule has 0 bridgehead atoms. The van der Waals surface area contributed by atoms with Crippen LogP contribution in [0.1, 0.15) is 45.4 Å². The Hall–Kier alpha value is -1.88. The van der Waals surface area contributed by atoms with Gasteiger partial charge in [0, 0.05) is 25.9 Å². The van der Waals surface area contributed by atoms with Crippen molar-refractivity contribution in [3.05, 3.63) is 30.1 Å². The largest absolute Gasteiger partial charge is 0.393 e. The van der Waals surface area contributed by atoms with Crippen molar-refractivity contribution in [3.8, 4) is 0 Å². The lowest BCUT2D eigenvalue weighted by Crippen LogP contribution is -2.27. The van der Waals surface area contributed by atoms with Gasteiger partial charge in [-0.3, -0.25) is 4.79 Å². The van der Waals surface area contributed by atoms with Crippen LogP contribution in [-0.4, -0.2) is 33.2 Å². The van der Waals surface area contributed by atoms with Gasteiger partial charge in [0.2, 0.25) is 5.91 Å². The van der Waals surface area contributed by atoms with Gasteiger partial charge in [0.05, 0.1) is 17.1 Å². The first kappa shape index (κ1) is 17.5. The molecule has 0 fully saturated rings. The fraction of sp³-hybridized carbons (Fsp3) is 0.556. The summed E-state index contributed by atoms with van der Waals surface area (Å²) in [4.78, 5) is 16.4. The number of hydrogen-bond donors (Lipinski definition) is 2. The van der Waals surface area contributed by atoms with Crippen LogP contribution in [0, 0.1) is 0 Å². The molecule has 0 saturated heterocycles. The van der Waals surface area contributed by atoms with Crippen molar-refractivity contribution in [2.75, 3.05) is 6.54 Å². The van der Waals surface area contributed by atoms with E-state index in [-0.39, 0.29) is 5.91 Å². The summed E-state index contributed by atoms with van der Waals surface area (Å²) in [5.74, 6) is 1.01. The van der Waals surface area contributed by atoms with Crippen LogP contribution in [0.2, 0.25) is 0 Å². The van der Waals surface area contributed by atoms with E-state index in [0.717, 1.165) is 42.7 Å². The molecule has 2 aromatic rings. The molecule has 0 saturated carbocycles. The fourth-order valence-corrected chi connectivity index (χ4v) is 2.62. The number of carbonyl (C=O) groups is 1. The lowest BCUT2D eigenvalue weighted by molar-refractivity contribution is -0.121. The lowest BCUT2D eigenvalue weighted by atomic mass is 10.2. The standard InChI is InChI=1S/C18H27N3O2/c1-3-4-13-21-16-8-6-5-7-15(16)20-17(21)11-12-19-18(23)10-9-14(2)22/h5-8,14,22H,3-4,9-13H2,1-2H3,(H,19,23). The third-order valence-corrected chi connectivity index (χ3v) is 3.93.